The van der Waals surface area contributed by atoms with Crippen LogP contribution in [-0.4, -0.2) is 33.9 Å². The monoisotopic (exact) mass is 382 g/mol. The number of halogens is 1. The van der Waals surface area contributed by atoms with Crippen LogP contribution in [0.15, 0.2) is 53.4 Å². The number of amides is 1. The van der Waals surface area contributed by atoms with Crippen molar-refractivity contribution in [3.63, 3.8) is 0 Å². The van der Waals surface area contributed by atoms with E-state index in [4.69, 9.17) is 11.6 Å². The summed E-state index contributed by atoms with van der Waals surface area (Å²) in [5.41, 5.74) is 0.752. The van der Waals surface area contributed by atoms with Crippen LogP contribution >= 0.6 is 11.6 Å². The van der Waals surface area contributed by atoms with Gasteiger partial charge in [-0.05, 0) is 42.5 Å². The molecule has 2 aromatic rings. The fourth-order valence-corrected chi connectivity index (χ4v) is 3.17. The second-order valence-electron chi connectivity index (χ2n) is 4.90. The van der Waals surface area contributed by atoms with Crippen LogP contribution in [0.3, 0.4) is 0 Å². The van der Waals surface area contributed by atoms with Gasteiger partial charge in [0.25, 0.3) is 0 Å². The van der Waals surface area contributed by atoms with Gasteiger partial charge in [0.15, 0.2) is 0 Å². The number of hydrogen-bond acceptors (Lipinski definition) is 5. The Balaban J connectivity index is 1.95. The molecule has 0 radical (unpaired) electrons. The summed E-state index contributed by atoms with van der Waals surface area (Å²) in [4.78, 5) is 23.2. The van der Waals surface area contributed by atoms with Gasteiger partial charge in [-0.1, -0.05) is 17.7 Å². The van der Waals surface area contributed by atoms with Crippen LogP contribution in [0.4, 0.5) is 5.69 Å². The summed E-state index contributed by atoms with van der Waals surface area (Å²) < 4.78 is 30.9. The van der Waals surface area contributed by atoms with Gasteiger partial charge >= 0.3 is 5.97 Å². The quantitative estimate of drug-likeness (QED) is 0.744. The lowest BCUT2D eigenvalue weighted by Gasteiger charge is -2.08. The van der Waals surface area contributed by atoms with Crippen LogP contribution in [0.2, 0.25) is 5.02 Å². The van der Waals surface area contributed by atoms with Gasteiger partial charge in [0.2, 0.25) is 15.9 Å². The van der Waals surface area contributed by atoms with Crippen molar-refractivity contribution in [2.75, 3.05) is 19.0 Å². The van der Waals surface area contributed by atoms with Gasteiger partial charge < -0.3 is 10.1 Å². The summed E-state index contributed by atoms with van der Waals surface area (Å²) >= 11 is 5.76. The molecule has 0 aliphatic carbocycles. The lowest BCUT2D eigenvalue weighted by molar-refractivity contribution is -0.115. The van der Waals surface area contributed by atoms with Crippen molar-refractivity contribution in [1.29, 1.82) is 0 Å². The molecule has 0 bridgehead atoms. The maximum absolute atomic E-state index is 12.1. The van der Waals surface area contributed by atoms with Gasteiger partial charge in [-0.3, -0.25) is 4.79 Å². The molecular weight excluding hydrogens is 368 g/mol. The lowest BCUT2D eigenvalue weighted by atomic mass is 10.2. The molecule has 132 valence electrons. The van der Waals surface area contributed by atoms with Crippen molar-refractivity contribution < 1.29 is 22.7 Å². The number of nitrogens with one attached hydrogen (secondary N) is 2. The van der Waals surface area contributed by atoms with E-state index in [9.17, 15) is 18.0 Å². The van der Waals surface area contributed by atoms with Crippen molar-refractivity contribution >= 4 is 39.2 Å². The van der Waals surface area contributed by atoms with Gasteiger partial charge in [0.1, 0.15) is 0 Å². The SMILES string of the molecule is COC(=O)c1ccc(NC(=O)CNS(=O)(=O)c2cccc(Cl)c2)cc1. The number of carbonyl (C=O) groups excluding carboxylic acids is 2. The van der Waals surface area contributed by atoms with Crippen LogP contribution in [0.5, 0.6) is 0 Å². The maximum Gasteiger partial charge on any atom is 0.337 e. The Morgan fingerprint density at radius 3 is 2.40 bits per heavy atom. The summed E-state index contributed by atoms with van der Waals surface area (Å²) in [6.07, 6.45) is 0. The van der Waals surface area contributed by atoms with Crippen LogP contribution in [0, 0.1) is 0 Å². The lowest BCUT2D eigenvalue weighted by Crippen LogP contribution is -2.32. The van der Waals surface area contributed by atoms with Crippen molar-refractivity contribution in [3.8, 4) is 0 Å². The third-order valence-corrected chi connectivity index (χ3v) is 4.75. The van der Waals surface area contributed by atoms with Crippen molar-refractivity contribution in [1.82, 2.24) is 4.72 Å². The molecule has 0 aliphatic heterocycles. The molecule has 1 amide bonds. The van der Waals surface area contributed by atoms with Crippen LogP contribution in [-0.2, 0) is 19.6 Å². The number of anilines is 1. The molecule has 0 aliphatic rings. The zero-order chi connectivity index (χ0) is 18.4. The zero-order valence-electron chi connectivity index (χ0n) is 13.2. The number of methoxy groups -OCH3 is 1. The van der Waals surface area contributed by atoms with E-state index in [2.05, 4.69) is 14.8 Å². The number of esters is 1. The molecule has 0 aromatic heterocycles. The minimum atomic E-state index is -3.85. The predicted octanol–water partition coefficient (Wildman–Crippen LogP) is 2.04. The second-order valence-corrected chi connectivity index (χ2v) is 7.10. The first-order valence-electron chi connectivity index (χ1n) is 7.05. The number of carbonyl (C=O) groups is 2. The first-order valence-corrected chi connectivity index (χ1v) is 8.91. The molecule has 0 unspecified atom stereocenters. The van der Waals surface area contributed by atoms with E-state index >= 15 is 0 Å². The van der Waals surface area contributed by atoms with Crippen molar-refractivity contribution in [3.05, 3.63) is 59.1 Å². The van der Waals surface area contributed by atoms with Crippen LogP contribution in [0.25, 0.3) is 0 Å². The average molecular weight is 383 g/mol. The van der Waals surface area contributed by atoms with Gasteiger partial charge in [0, 0.05) is 10.7 Å². The Morgan fingerprint density at radius 2 is 1.80 bits per heavy atom. The topological polar surface area (TPSA) is 102 Å². The first kappa shape index (κ1) is 18.9. The van der Waals surface area contributed by atoms with E-state index in [0.29, 0.717) is 11.3 Å². The van der Waals surface area contributed by atoms with Crippen molar-refractivity contribution in [2.24, 2.45) is 0 Å². The maximum atomic E-state index is 12.1. The molecule has 0 spiro atoms. The number of sulfonamides is 1. The molecule has 0 heterocycles. The normalized spacial score (nSPS) is 11.0. The van der Waals surface area contributed by atoms with E-state index in [0.717, 1.165) is 0 Å². The van der Waals surface area contributed by atoms with Crippen molar-refractivity contribution in [2.45, 2.75) is 4.90 Å². The van der Waals surface area contributed by atoms with Gasteiger partial charge in [-0.15, -0.1) is 0 Å². The molecule has 0 atom stereocenters. The number of benzene rings is 2. The average Bonchev–Trinajstić information content (AvgIpc) is 2.60. The first-order chi connectivity index (χ1) is 11.8. The Morgan fingerprint density at radius 1 is 1.12 bits per heavy atom. The van der Waals surface area contributed by atoms with Gasteiger partial charge in [-0.2, -0.15) is 0 Å². The van der Waals surface area contributed by atoms with E-state index in [1.165, 1.54) is 49.6 Å². The molecule has 0 saturated heterocycles. The summed E-state index contributed by atoms with van der Waals surface area (Å²) in [6, 6.07) is 11.7. The molecule has 7 nitrogen and oxygen atoms in total. The zero-order valence-corrected chi connectivity index (χ0v) is 14.7. The Kier molecular flexibility index (Phi) is 6.13. The minimum Gasteiger partial charge on any atom is -0.465 e. The Hall–Kier alpha value is -2.42. The Bertz CT molecular complexity index is 882. The smallest absolute Gasteiger partial charge is 0.337 e. The van der Waals surface area contributed by atoms with E-state index in [1.54, 1.807) is 6.07 Å². The number of rotatable bonds is 6. The largest absolute Gasteiger partial charge is 0.465 e. The van der Waals surface area contributed by atoms with E-state index in [-0.39, 0.29) is 9.92 Å². The second kappa shape index (κ2) is 8.11. The summed E-state index contributed by atoms with van der Waals surface area (Å²) in [5, 5.41) is 2.79. The minimum absolute atomic E-state index is 0.0322. The molecule has 2 aromatic carbocycles. The molecule has 25 heavy (non-hydrogen) atoms. The van der Waals surface area contributed by atoms with Crippen LogP contribution < -0.4 is 10.0 Å². The van der Waals surface area contributed by atoms with E-state index < -0.39 is 28.4 Å². The summed E-state index contributed by atoms with van der Waals surface area (Å²) in [6.45, 7) is -0.451. The highest BCUT2D eigenvalue weighted by Crippen LogP contribution is 2.15. The standard InChI is InChI=1S/C16H15ClN2O5S/c1-24-16(21)11-5-7-13(8-6-11)19-15(20)10-18-25(22,23)14-4-2-3-12(17)9-14/h2-9,18H,10H2,1H3,(H,19,20). The predicted molar refractivity (Wildman–Crippen MR) is 93.1 cm³/mol. The van der Waals surface area contributed by atoms with Gasteiger partial charge in [-0.25, -0.2) is 17.9 Å². The Labute approximate surface area is 150 Å². The van der Waals surface area contributed by atoms with Gasteiger partial charge in [0.05, 0.1) is 24.1 Å². The molecule has 0 saturated carbocycles. The third kappa shape index (κ3) is 5.28. The number of hydrogen-bond donors (Lipinski definition) is 2. The molecule has 2 N–H and O–H groups in total. The molecule has 2 rings (SSSR count). The highest BCUT2D eigenvalue weighted by atomic mass is 35.5. The third-order valence-electron chi connectivity index (χ3n) is 3.12. The molecule has 9 heteroatoms. The van der Waals surface area contributed by atoms with Crippen LogP contribution in [0.1, 0.15) is 10.4 Å². The fourth-order valence-electron chi connectivity index (χ4n) is 1.89. The summed E-state index contributed by atoms with van der Waals surface area (Å²) in [7, 11) is -2.58. The summed E-state index contributed by atoms with van der Waals surface area (Å²) in [5.74, 6) is -1.05. The molecule has 0 fully saturated rings. The highest BCUT2D eigenvalue weighted by molar-refractivity contribution is 7.89. The number of ether oxygens (including phenoxy) is 1. The van der Waals surface area contributed by atoms with E-state index in [1.807, 2.05) is 0 Å². The highest BCUT2D eigenvalue weighted by Gasteiger charge is 2.16. The molecular formula is C16H15ClN2O5S. The fraction of sp³-hybridized carbons (Fsp3) is 0.125.